The second kappa shape index (κ2) is 6.94. The summed E-state index contributed by atoms with van der Waals surface area (Å²) in [6.45, 7) is 5.74. The van der Waals surface area contributed by atoms with Crippen molar-refractivity contribution < 1.29 is 14.3 Å². The second-order valence-electron chi connectivity index (χ2n) is 5.57. The van der Waals surface area contributed by atoms with Crippen LogP contribution >= 0.6 is 11.3 Å². The molecule has 2 aromatic rings. The summed E-state index contributed by atoms with van der Waals surface area (Å²) in [6, 6.07) is 9.31. The normalized spacial score (nSPS) is 14.2. The molecule has 0 unspecified atom stereocenters. The molecular weight excluding hydrogens is 336 g/mol. The van der Waals surface area contributed by atoms with Gasteiger partial charge in [0.05, 0.1) is 18.4 Å². The van der Waals surface area contributed by atoms with E-state index in [9.17, 15) is 9.59 Å². The number of thiophene rings is 1. The van der Waals surface area contributed by atoms with Gasteiger partial charge in [0, 0.05) is 11.4 Å². The molecular formula is C19H18N2O3S. The molecule has 2 amide bonds. The number of carbonyl (C=O) groups excluding carboxylic acids is 2. The zero-order valence-electron chi connectivity index (χ0n) is 14.0. The number of imide groups is 1. The first kappa shape index (κ1) is 17.0. The largest absolute Gasteiger partial charge is 0.495 e. The summed E-state index contributed by atoms with van der Waals surface area (Å²) in [6.07, 6.45) is 1.54. The summed E-state index contributed by atoms with van der Waals surface area (Å²) in [4.78, 5) is 27.5. The number of hydrogen-bond donors (Lipinski definition) is 1. The highest BCUT2D eigenvalue weighted by molar-refractivity contribution is 7.11. The van der Waals surface area contributed by atoms with Crippen LogP contribution in [0.5, 0.6) is 5.75 Å². The third-order valence-corrected chi connectivity index (χ3v) is 4.75. The summed E-state index contributed by atoms with van der Waals surface area (Å²) in [5, 5.41) is 5.00. The highest BCUT2D eigenvalue weighted by Gasteiger charge is 2.39. The van der Waals surface area contributed by atoms with Crippen molar-refractivity contribution in [1.29, 1.82) is 0 Å². The summed E-state index contributed by atoms with van der Waals surface area (Å²) in [5.74, 6) is -0.0793. The van der Waals surface area contributed by atoms with E-state index >= 15 is 0 Å². The lowest BCUT2D eigenvalue weighted by atomic mass is 10.1. The summed E-state index contributed by atoms with van der Waals surface area (Å²) >= 11 is 1.42. The van der Waals surface area contributed by atoms with E-state index in [0.717, 1.165) is 10.4 Å². The zero-order valence-corrected chi connectivity index (χ0v) is 14.9. The Hall–Kier alpha value is -2.86. The van der Waals surface area contributed by atoms with Crippen LogP contribution < -0.4 is 10.1 Å². The van der Waals surface area contributed by atoms with Crippen molar-refractivity contribution in [2.45, 2.75) is 6.92 Å². The van der Waals surface area contributed by atoms with E-state index in [1.165, 1.54) is 22.3 Å². The smallest absolute Gasteiger partial charge is 0.278 e. The van der Waals surface area contributed by atoms with E-state index in [-0.39, 0.29) is 24.1 Å². The molecule has 3 rings (SSSR count). The lowest BCUT2D eigenvalue weighted by Crippen LogP contribution is -2.32. The van der Waals surface area contributed by atoms with E-state index in [2.05, 4.69) is 11.9 Å². The van der Waals surface area contributed by atoms with Crippen molar-refractivity contribution in [2.75, 3.05) is 19.0 Å². The fourth-order valence-electron chi connectivity index (χ4n) is 2.69. The van der Waals surface area contributed by atoms with Gasteiger partial charge in [-0.25, -0.2) is 0 Å². The number of benzene rings is 1. The number of ether oxygens (including phenoxy) is 1. The molecule has 0 fully saturated rings. The van der Waals surface area contributed by atoms with Gasteiger partial charge in [0.25, 0.3) is 11.8 Å². The van der Waals surface area contributed by atoms with Gasteiger partial charge in [-0.05, 0) is 36.1 Å². The van der Waals surface area contributed by atoms with Gasteiger partial charge in [-0.2, -0.15) is 0 Å². The van der Waals surface area contributed by atoms with Gasteiger partial charge in [0.2, 0.25) is 0 Å². The van der Waals surface area contributed by atoms with Crippen molar-refractivity contribution in [3.63, 3.8) is 0 Å². The Kier molecular flexibility index (Phi) is 4.72. The summed E-state index contributed by atoms with van der Waals surface area (Å²) in [7, 11) is 1.57. The molecule has 0 bridgehead atoms. The lowest BCUT2D eigenvalue weighted by molar-refractivity contribution is -0.136. The molecule has 0 aliphatic carbocycles. The molecule has 6 heteroatoms. The minimum Gasteiger partial charge on any atom is -0.495 e. The molecule has 0 atom stereocenters. The topological polar surface area (TPSA) is 58.6 Å². The van der Waals surface area contributed by atoms with Crippen LogP contribution in [0.25, 0.3) is 5.57 Å². The molecule has 0 spiro atoms. The summed E-state index contributed by atoms with van der Waals surface area (Å²) in [5.41, 5.74) is 2.30. The van der Waals surface area contributed by atoms with Crippen molar-refractivity contribution in [3.05, 3.63) is 64.5 Å². The van der Waals surface area contributed by atoms with Gasteiger partial charge in [-0.15, -0.1) is 17.9 Å². The average molecular weight is 354 g/mol. The number of carbonyl (C=O) groups is 2. The Morgan fingerprint density at radius 3 is 2.72 bits per heavy atom. The predicted molar refractivity (Wildman–Crippen MR) is 99.5 cm³/mol. The molecule has 0 radical (unpaired) electrons. The van der Waals surface area contributed by atoms with Crippen LogP contribution in [-0.2, 0) is 9.59 Å². The number of nitrogens with zero attached hydrogens (tertiary/aromatic N) is 1. The monoisotopic (exact) mass is 354 g/mol. The number of rotatable bonds is 6. The quantitative estimate of drug-likeness (QED) is 0.638. The average Bonchev–Trinajstić information content (AvgIpc) is 3.19. The fraction of sp³-hybridized carbons (Fsp3) is 0.158. The molecule has 5 nitrogen and oxygen atoms in total. The van der Waals surface area contributed by atoms with Crippen LogP contribution in [0.2, 0.25) is 0 Å². The third kappa shape index (κ3) is 3.08. The first-order valence-corrected chi connectivity index (χ1v) is 8.61. The van der Waals surface area contributed by atoms with Gasteiger partial charge < -0.3 is 10.1 Å². The highest BCUT2D eigenvalue weighted by atomic mass is 32.1. The predicted octanol–water partition coefficient (Wildman–Crippen LogP) is 3.44. The van der Waals surface area contributed by atoms with Crippen molar-refractivity contribution in [2.24, 2.45) is 0 Å². The zero-order chi connectivity index (χ0) is 18.0. The Morgan fingerprint density at radius 2 is 2.08 bits per heavy atom. The SMILES string of the molecule is C=CCN1C(=O)C(Nc2cc(C)ccc2OC)=C(c2cccs2)C1=O. The number of amides is 2. The van der Waals surface area contributed by atoms with Crippen molar-refractivity contribution in [3.8, 4) is 5.75 Å². The molecule has 1 aliphatic heterocycles. The van der Waals surface area contributed by atoms with Crippen molar-refractivity contribution in [1.82, 2.24) is 4.90 Å². The minimum atomic E-state index is -0.364. The lowest BCUT2D eigenvalue weighted by Gasteiger charge is -2.14. The van der Waals surface area contributed by atoms with Gasteiger partial charge in [-0.3, -0.25) is 14.5 Å². The van der Waals surface area contributed by atoms with E-state index in [0.29, 0.717) is 17.0 Å². The van der Waals surface area contributed by atoms with Gasteiger partial charge in [0.1, 0.15) is 11.4 Å². The van der Waals surface area contributed by atoms with Crippen LogP contribution in [0.4, 0.5) is 5.69 Å². The standard InChI is InChI=1S/C19H18N2O3S/c1-4-9-21-18(22)16(15-6-5-10-25-15)17(19(21)23)20-13-11-12(2)7-8-14(13)24-3/h4-8,10-11,20H,1,9H2,2-3H3. The maximum Gasteiger partial charge on any atom is 0.278 e. The highest BCUT2D eigenvalue weighted by Crippen LogP contribution is 2.35. The van der Waals surface area contributed by atoms with Crippen LogP contribution in [0.1, 0.15) is 10.4 Å². The Bertz CT molecular complexity index is 869. The van der Waals surface area contributed by atoms with E-state index in [4.69, 9.17) is 4.74 Å². The number of hydrogen-bond acceptors (Lipinski definition) is 5. The molecule has 1 aromatic carbocycles. The van der Waals surface area contributed by atoms with Gasteiger partial charge in [0.15, 0.2) is 0 Å². The van der Waals surface area contributed by atoms with Crippen LogP contribution in [0.15, 0.2) is 54.1 Å². The molecule has 1 aliphatic rings. The number of aryl methyl sites for hydroxylation is 1. The molecule has 128 valence electrons. The van der Waals surface area contributed by atoms with Crippen LogP contribution in [-0.4, -0.2) is 30.4 Å². The third-order valence-electron chi connectivity index (χ3n) is 3.86. The molecule has 0 saturated carbocycles. The van der Waals surface area contributed by atoms with Crippen molar-refractivity contribution >= 4 is 34.4 Å². The molecule has 0 saturated heterocycles. The second-order valence-corrected chi connectivity index (χ2v) is 6.51. The van der Waals surface area contributed by atoms with E-state index < -0.39 is 0 Å². The maximum absolute atomic E-state index is 12.8. The molecule has 2 heterocycles. The van der Waals surface area contributed by atoms with Gasteiger partial charge >= 0.3 is 0 Å². The first-order valence-electron chi connectivity index (χ1n) is 7.73. The van der Waals surface area contributed by atoms with Crippen LogP contribution in [0, 0.1) is 6.92 Å². The maximum atomic E-state index is 12.8. The number of nitrogens with one attached hydrogen (secondary N) is 1. The van der Waals surface area contributed by atoms with Crippen LogP contribution in [0.3, 0.4) is 0 Å². The Balaban J connectivity index is 2.09. The van der Waals surface area contributed by atoms with Gasteiger partial charge in [-0.1, -0.05) is 18.2 Å². The minimum absolute atomic E-state index is 0.169. The molecule has 25 heavy (non-hydrogen) atoms. The number of anilines is 1. The van der Waals surface area contributed by atoms with E-state index in [1.807, 2.05) is 42.6 Å². The number of methoxy groups -OCH3 is 1. The van der Waals surface area contributed by atoms with E-state index in [1.54, 1.807) is 7.11 Å². The Labute approximate surface area is 150 Å². The molecule has 1 N–H and O–H groups in total. The fourth-order valence-corrected chi connectivity index (χ4v) is 3.46. The summed E-state index contributed by atoms with van der Waals surface area (Å²) < 4.78 is 5.36. The Morgan fingerprint density at radius 1 is 1.28 bits per heavy atom. The first-order chi connectivity index (χ1) is 12.1. The molecule has 1 aromatic heterocycles.